The van der Waals surface area contributed by atoms with Crippen molar-refractivity contribution < 1.29 is 0 Å². The highest BCUT2D eigenvalue weighted by Crippen LogP contribution is 2.19. The summed E-state index contributed by atoms with van der Waals surface area (Å²) in [6, 6.07) is 0. The molecule has 0 aromatic carbocycles. The van der Waals surface area contributed by atoms with Gasteiger partial charge in [-0.3, -0.25) is 9.56 Å². The zero-order valence-electron chi connectivity index (χ0n) is 7.79. The van der Waals surface area contributed by atoms with Crippen LogP contribution in [0.2, 0.25) is 0 Å². The molecule has 3 heterocycles. The van der Waals surface area contributed by atoms with Gasteiger partial charge in [-0.25, -0.2) is 15.0 Å². The standard InChI is InChI=1S/C8H8N6S/c9-6-5-7(12-3-11-6)14(4-13-5)8-10-1-2-15-8/h3-4H,1-2H2,(H2,9,11,12). The predicted octanol–water partition coefficient (Wildman–Crippen LogP) is 0.359. The van der Waals surface area contributed by atoms with E-state index in [-0.39, 0.29) is 0 Å². The zero-order valence-corrected chi connectivity index (χ0v) is 8.61. The van der Waals surface area contributed by atoms with Gasteiger partial charge in [0.15, 0.2) is 22.1 Å². The Morgan fingerprint density at radius 2 is 2.27 bits per heavy atom. The molecule has 0 aliphatic carbocycles. The van der Waals surface area contributed by atoms with Crippen molar-refractivity contribution in [2.75, 3.05) is 18.0 Å². The van der Waals surface area contributed by atoms with E-state index in [1.807, 2.05) is 4.57 Å². The molecule has 2 aromatic heterocycles. The highest BCUT2D eigenvalue weighted by atomic mass is 32.2. The van der Waals surface area contributed by atoms with Gasteiger partial charge in [0.25, 0.3) is 0 Å². The van der Waals surface area contributed by atoms with Crippen LogP contribution in [-0.2, 0) is 0 Å². The predicted molar refractivity (Wildman–Crippen MR) is 59.9 cm³/mol. The molecule has 0 spiro atoms. The van der Waals surface area contributed by atoms with Crippen molar-refractivity contribution in [3.8, 4) is 0 Å². The Morgan fingerprint density at radius 3 is 3.07 bits per heavy atom. The molecule has 76 valence electrons. The number of imidazole rings is 1. The highest BCUT2D eigenvalue weighted by molar-refractivity contribution is 8.14. The van der Waals surface area contributed by atoms with E-state index in [9.17, 15) is 0 Å². The summed E-state index contributed by atoms with van der Waals surface area (Å²) in [5.74, 6) is 1.41. The first-order valence-electron chi connectivity index (χ1n) is 4.47. The molecule has 15 heavy (non-hydrogen) atoms. The highest BCUT2D eigenvalue weighted by Gasteiger charge is 2.14. The van der Waals surface area contributed by atoms with Crippen LogP contribution in [0.15, 0.2) is 17.6 Å². The Balaban J connectivity index is 2.24. The summed E-state index contributed by atoms with van der Waals surface area (Å²) < 4.78 is 1.85. The lowest BCUT2D eigenvalue weighted by molar-refractivity contribution is 1.10. The summed E-state index contributed by atoms with van der Waals surface area (Å²) >= 11 is 1.69. The van der Waals surface area contributed by atoms with Gasteiger partial charge >= 0.3 is 0 Å². The van der Waals surface area contributed by atoms with Crippen molar-refractivity contribution in [1.82, 2.24) is 19.5 Å². The fourth-order valence-corrected chi connectivity index (χ4v) is 2.28. The number of nitrogen functional groups attached to an aromatic ring is 1. The first-order valence-corrected chi connectivity index (χ1v) is 5.46. The Bertz CT molecular complexity index is 545. The van der Waals surface area contributed by atoms with Crippen molar-refractivity contribution in [3.63, 3.8) is 0 Å². The molecule has 1 aliphatic heterocycles. The van der Waals surface area contributed by atoms with Crippen LogP contribution >= 0.6 is 11.8 Å². The summed E-state index contributed by atoms with van der Waals surface area (Å²) in [6.45, 7) is 0.847. The SMILES string of the molecule is Nc1ncnc2c1ncn2C1=NCCS1. The maximum absolute atomic E-state index is 5.69. The summed E-state index contributed by atoms with van der Waals surface area (Å²) in [5, 5.41) is 0.926. The topological polar surface area (TPSA) is 82.0 Å². The molecule has 6 nitrogen and oxygen atoms in total. The van der Waals surface area contributed by atoms with Crippen LogP contribution in [0.5, 0.6) is 0 Å². The molecule has 0 unspecified atom stereocenters. The fourth-order valence-electron chi connectivity index (χ4n) is 1.46. The number of aromatic nitrogens is 4. The van der Waals surface area contributed by atoms with E-state index < -0.39 is 0 Å². The average Bonchev–Trinajstić information content (AvgIpc) is 2.85. The lowest BCUT2D eigenvalue weighted by Gasteiger charge is -2.00. The number of fused-ring (bicyclic) bond motifs is 1. The number of hydrogen-bond acceptors (Lipinski definition) is 6. The van der Waals surface area contributed by atoms with E-state index in [4.69, 9.17) is 5.73 Å². The maximum Gasteiger partial charge on any atom is 0.171 e. The molecule has 0 saturated heterocycles. The molecular formula is C8H8N6S. The third-order valence-corrected chi connectivity index (χ3v) is 3.11. The van der Waals surface area contributed by atoms with Gasteiger partial charge in [0.2, 0.25) is 0 Å². The van der Waals surface area contributed by atoms with Gasteiger partial charge in [-0.15, -0.1) is 0 Å². The van der Waals surface area contributed by atoms with Crippen molar-refractivity contribution in [2.45, 2.75) is 0 Å². The number of anilines is 1. The van der Waals surface area contributed by atoms with Crippen LogP contribution in [0.3, 0.4) is 0 Å². The molecule has 1 aliphatic rings. The number of rotatable bonds is 0. The van der Waals surface area contributed by atoms with Crippen molar-refractivity contribution in [1.29, 1.82) is 0 Å². The second-order valence-corrected chi connectivity index (χ2v) is 4.12. The normalized spacial score (nSPS) is 15.9. The Labute approximate surface area is 89.6 Å². The molecule has 0 saturated carbocycles. The maximum atomic E-state index is 5.69. The average molecular weight is 220 g/mol. The Kier molecular flexibility index (Phi) is 1.84. The van der Waals surface area contributed by atoms with E-state index in [1.165, 1.54) is 6.33 Å². The second kappa shape index (κ2) is 3.20. The molecule has 0 atom stereocenters. The summed E-state index contributed by atoms with van der Waals surface area (Å²) in [5.41, 5.74) is 7.04. The van der Waals surface area contributed by atoms with Crippen molar-refractivity contribution >= 4 is 33.9 Å². The molecule has 2 aromatic rings. The minimum absolute atomic E-state index is 0.405. The molecule has 0 radical (unpaired) electrons. The van der Waals surface area contributed by atoms with Crippen LogP contribution < -0.4 is 5.73 Å². The van der Waals surface area contributed by atoms with Crippen LogP contribution in [0.1, 0.15) is 0 Å². The third kappa shape index (κ3) is 1.27. The van der Waals surface area contributed by atoms with Crippen LogP contribution in [0.4, 0.5) is 5.82 Å². The molecular weight excluding hydrogens is 212 g/mol. The number of aliphatic imine (C=N–C) groups is 1. The van der Waals surface area contributed by atoms with Crippen molar-refractivity contribution in [3.05, 3.63) is 12.7 Å². The molecule has 0 bridgehead atoms. The summed E-state index contributed by atoms with van der Waals surface area (Å²) in [6.07, 6.45) is 3.13. The van der Waals surface area contributed by atoms with Gasteiger partial charge in [0.05, 0.1) is 6.54 Å². The monoisotopic (exact) mass is 220 g/mol. The lowest BCUT2D eigenvalue weighted by atomic mass is 10.5. The second-order valence-electron chi connectivity index (χ2n) is 3.06. The van der Waals surface area contributed by atoms with Crippen LogP contribution in [0.25, 0.3) is 11.2 Å². The van der Waals surface area contributed by atoms with E-state index in [2.05, 4.69) is 19.9 Å². The van der Waals surface area contributed by atoms with Gasteiger partial charge in [-0.1, -0.05) is 11.8 Å². The Hall–Kier alpha value is -1.63. The first-order chi connectivity index (χ1) is 7.36. The molecule has 0 fully saturated rings. The minimum Gasteiger partial charge on any atom is -0.382 e. The fraction of sp³-hybridized carbons (Fsp3) is 0.250. The molecule has 2 N–H and O–H groups in total. The Morgan fingerprint density at radius 1 is 1.33 bits per heavy atom. The minimum atomic E-state index is 0.405. The lowest BCUT2D eigenvalue weighted by Crippen LogP contribution is -2.05. The molecule has 0 amide bonds. The number of thioether (sulfide) groups is 1. The summed E-state index contributed by atoms with van der Waals surface area (Å²) in [4.78, 5) is 16.6. The van der Waals surface area contributed by atoms with Gasteiger partial charge in [-0.2, -0.15) is 0 Å². The van der Waals surface area contributed by atoms with Crippen LogP contribution in [0, 0.1) is 0 Å². The van der Waals surface area contributed by atoms with Crippen LogP contribution in [-0.4, -0.2) is 37.0 Å². The van der Waals surface area contributed by atoms with E-state index in [1.54, 1.807) is 18.1 Å². The molecule has 7 heteroatoms. The smallest absolute Gasteiger partial charge is 0.171 e. The van der Waals surface area contributed by atoms with E-state index in [0.29, 0.717) is 11.3 Å². The first kappa shape index (κ1) is 8.66. The third-order valence-electron chi connectivity index (χ3n) is 2.14. The van der Waals surface area contributed by atoms with Gasteiger partial charge in [-0.05, 0) is 0 Å². The number of hydrogen-bond donors (Lipinski definition) is 1. The van der Waals surface area contributed by atoms with E-state index in [0.717, 1.165) is 23.1 Å². The van der Waals surface area contributed by atoms with Gasteiger partial charge < -0.3 is 5.73 Å². The number of nitrogens with two attached hydrogens (primary N) is 1. The van der Waals surface area contributed by atoms with Gasteiger partial charge in [0, 0.05) is 5.75 Å². The van der Waals surface area contributed by atoms with E-state index >= 15 is 0 Å². The quantitative estimate of drug-likeness (QED) is 0.693. The number of nitrogens with zero attached hydrogens (tertiary/aromatic N) is 5. The van der Waals surface area contributed by atoms with Crippen molar-refractivity contribution in [2.24, 2.45) is 4.99 Å². The van der Waals surface area contributed by atoms with Gasteiger partial charge in [0.1, 0.15) is 12.7 Å². The largest absolute Gasteiger partial charge is 0.382 e. The molecule has 3 rings (SSSR count). The summed E-state index contributed by atoms with van der Waals surface area (Å²) in [7, 11) is 0. The zero-order chi connectivity index (χ0) is 10.3.